The Hall–Kier alpha value is -1.85. The Labute approximate surface area is 109 Å². The maximum Gasteiger partial charge on any atom is 0.251 e. The van der Waals surface area contributed by atoms with Gasteiger partial charge in [0.05, 0.1) is 12.7 Å². The molecule has 0 fully saturated rings. The van der Waals surface area contributed by atoms with Crippen LogP contribution in [0.25, 0.3) is 0 Å². The molecule has 2 N–H and O–H groups in total. The van der Waals surface area contributed by atoms with E-state index in [0.717, 1.165) is 5.56 Å². The number of benzene rings is 1. The van der Waals surface area contributed by atoms with Gasteiger partial charge in [0, 0.05) is 11.1 Å². The van der Waals surface area contributed by atoms with Crippen LogP contribution in [0.1, 0.15) is 5.56 Å². The first kappa shape index (κ1) is 12.6. The minimum atomic E-state index is -0.549. The fourth-order valence-corrected chi connectivity index (χ4v) is 1.64. The summed E-state index contributed by atoms with van der Waals surface area (Å²) in [6.45, 7) is -0.0304. The highest BCUT2D eigenvalue weighted by molar-refractivity contribution is 6.30. The van der Waals surface area contributed by atoms with E-state index in [1.807, 2.05) is 12.1 Å². The summed E-state index contributed by atoms with van der Waals surface area (Å²) in [5.74, 6) is 0.0804. The lowest BCUT2D eigenvalue weighted by Gasteiger charge is -2.08. The average molecular weight is 266 g/mol. The summed E-state index contributed by atoms with van der Waals surface area (Å²) in [6.07, 6.45) is 1.59. The molecular weight excluding hydrogens is 254 g/mol. The number of amides is 1. The fourth-order valence-electron chi connectivity index (χ4n) is 1.51. The number of anilines is 1. The summed E-state index contributed by atoms with van der Waals surface area (Å²) in [7, 11) is 0. The molecule has 2 rings (SSSR count). The fraction of sp³-hybridized carbons (Fsp3) is 0.167. The van der Waals surface area contributed by atoms with Gasteiger partial charge < -0.3 is 10.4 Å². The number of hydrogen-bond acceptors (Lipinski definition) is 3. The molecule has 0 saturated heterocycles. The smallest absolute Gasteiger partial charge is 0.251 e. The zero-order valence-electron chi connectivity index (χ0n) is 9.51. The molecule has 0 aliphatic rings. The minimum absolute atomic E-state index is 0.465. The van der Waals surface area contributed by atoms with Crippen LogP contribution in [0.4, 0.5) is 5.82 Å². The standard InChI is InChI=1S/C12H12ClN3O2/c13-10-3-1-9(2-4-10)7-16-11(5-6-14-16)15-12(18)8-17/h1-6,17H,7-8H2,(H,15,18). The summed E-state index contributed by atoms with van der Waals surface area (Å²) in [5.41, 5.74) is 1.02. The third-order valence-corrected chi connectivity index (χ3v) is 2.63. The number of aromatic nitrogens is 2. The zero-order valence-corrected chi connectivity index (χ0v) is 10.3. The molecule has 0 atom stereocenters. The van der Waals surface area contributed by atoms with Gasteiger partial charge in [-0.2, -0.15) is 5.10 Å². The number of nitrogens with zero attached hydrogens (tertiary/aromatic N) is 2. The van der Waals surface area contributed by atoms with Crippen LogP contribution in [0.3, 0.4) is 0 Å². The van der Waals surface area contributed by atoms with E-state index in [1.54, 1.807) is 29.1 Å². The number of aliphatic hydroxyl groups is 1. The van der Waals surface area contributed by atoms with Crippen molar-refractivity contribution < 1.29 is 9.90 Å². The van der Waals surface area contributed by atoms with Crippen molar-refractivity contribution in [3.05, 3.63) is 47.1 Å². The molecular formula is C12H12ClN3O2. The van der Waals surface area contributed by atoms with Crippen molar-refractivity contribution in [1.82, 2.24) is 9.78 Å². The predicted molar refractivity (Wildman–Crippen MR) is 68.5 cm³/mol. The number of halogens is 1. The zero-order chi connectivity index (χ0) is 13.0. The molecule has 1 heterocycles. The summed E-state index contributed by atoms with van der Waals surface area (Å²) in [5, 5.41) is 16.0. The molecule has 18 heavy (non-hydrogen) atoms. The Balaban J connectivity index is 2.12. The Bertz CT molecular complexity index is 537. The lowest BCUT2D eigenvalue weighted by molar-refractivity contribution is -0.118. The molecule has 2 aromatic rings. The van der Waals surface area contributed by atoms with Crippen molar-refractivity contribution in [1.29, 1.82) is 0 Å². The number of carbonyl (C=O) groups is 1. The van der Waals surface area contributed by atoms with Crippen molar-refractivity contribution >= 4 is 23.3 Å². The molecule has 0 bridgehead atoms. The second kappa shape index (κ2) is 5.66. The number of aliphatic hydroxyl groups excluding tert-OH is 1. The molecule has 1 amide bonds. The van der Waals surface area contributed by atoms with Crippen molar-refractivity contribution in [2.45, 2.75) is 6.54 Å². The van der Waals surface area contributed by atoms with Gasteiger partial charge in [-0.3, -0.25) is 4.79 Å². The van der Waals surface area contributed by atoms with E-state index in [2.05, 4.69) is 10.4 Å². The topological polar surface area (TPSA) is 67.2 Å². The quantitative estimate of drug-likeness (QED) is 0.881. The van der Waals surface area contributed by atoms with E-state index >= 15 is 0 Å². The van der Waals surface area contributed by atoms with E-state index in [1.165, 1.54) is 0 Å². The van der Waals surface area contributed by atoms with Crippen LogP contribution in [0.2, 0.25) is 5.02 Å². The van der Waals surface area contributed by atoms with Crippen LogP contribution in [0, 0.1) is 0 Å². The maximum atomic E-state index is 11.1. The van der Waals surface area contributed by atoms with Gasteiger partial charge in [0.1, 0.15) is 12.4 Å². The van der Waals surface area contributed by atoms with Crippen molar-refractivity contribution in [2.75, 3.05) is 11.9 Å². The molecule has 0 spiro atoms. The Morgan fingerprint density at radius 2 is 2.06 bits per heavy atom. The van der Waals surface area contributed by atoms with E-state index in [9.17, 15) is 4.79 Å². The summed E-state index contributed by atoms with van der Waals surface area (Å²) < 4.78 is 1.64. The highest BCUT2D eigenvalue weighted by Gasteiger charge is 2.06. The lowest BCUT2D eigenvalue weighted by Crippen LogP contribution is -2.18. The first-order chi connectivity index (χ1) is 8.69. The van der Waals surface area contributed by atoms with Gasteiger partial charge in [0.15, 0.2) is 0 Å². The third-order valence-electron chi connectivity index (χ3n) is 2.37. The highest BCUT2D eigenvalue weighted by Crippen LogP contribution is 2.13. The first-order valence-electron chi connectivity index (χ1n) is 5.36. The third kappa shape index (κ3) is 3.09. The van der Waals surface area contributed by atoms with Gasteiger partial charge in [0.25, 0.3) is 5.91 Å². The van der Waals surface area contributed by atoms with Crippen LogP contribution in [0.15, 0.2) is 36.5 Å². The highest BCUT2D eigenvalue weighted by atomic mass is 35.5. The lowest BCUT2D eigenvalue weighted by atomic mass is 10.2. The van der Waals surface area contributed by atoms with Gasteiger partial charge in [-0.1, -0.05) is 23.7 Å². The monoisotopic (exact) mass is 265 g/mol. The molecule has 94 valence electrons. The number of rotatable bonds is 4. The molecule has 0 aliphatic carbocycles. The van der Waals surface area contributed by atoms with Gasteiger partial charge in [0.2, 0.25) is 0 Å². The summed E-state index contributed by atoms with van der Waals surface area (Å²) in [4.78, 5) is 11.1. The summed E-state index contributed by atoms with van der Waals surface area (Å²) in [6, 6.07) is 9.05. The second-order valence-electron chi connectivity index (χ2n) is 3.71. The van der Waals surface area contributed by atoms with Crippen LogP contribution >= 0.6 is 11.6 Å². The Morgan fingerprint density at radius 1 is 1.33 bits per heavy atom. The first-order valence-corrected chi connectivity index (χ1v) is 5.74. The number of hydrogen-bond donors (Lipinski definition) is 2. The number of nitrogens with one attached hydrogen (secondary N) is 1. The predicted octanol–water partition coefficient (Wildman–Crippen LogP) is 1.52. The van der Waals surface area contributed by atoms with E-state index in [0.29, 0.717) is 17.4 Å². The van der Waals surface area contributed by atoms with E-state index in [4.69, 9.17) is 16.7 Å². The largest absolute Gasteiger partial charge is 0.387 e. The molecule has 0 saturated carbocycles. The second-order valence-corrected chi connectivity index (χ2v) is 4.14. The van der Waals surface area contributed by atoms with Gasteiger partial charge in [-0.05, 0) is 17.7 Å². The van der Waals surface area contributed by atoms with Gasteiger partial charge in [-0.25, -0.2) is 4.68 Å². The van der Waals surface area contributed by atoms with Gasteiger partial charge >= 0.3 is 0 Å². The molecule has 0 aliphatic heterocycles. The van der Waals surface area contributed by atoms with Crippen LogP contribution in [0.5, 0.6) is 0 Å². The van der Waals surface area contributed by atoms with Crippen LogP contribution < -0.4 is 5.32 Å². The molecule has 0 unspecified atom stereocenters. The van der Waals surface area contributed by atoms with Crippen LogP contribution in [-0.2, 0) is 11.3 Å². The molecule has 6 heteroatoms. The SMILES string of the molecule is O=C(CO)Nc1ccnn1Cc1ccc(Cl)cc1. The normalized spacial score (nSPS) is 10.3. The molecule has 5 nitrogen and oxygen atoms in total. The molecule has 0 radical (unpaired) electrons. The van der Waals surface area contributed by atoms with Crippen LogP contribution in [-0.4, -0.2) is 27.4 Å². The van der Waals surface area contributed by atoms with E-state index in [-0.39, 0.29) is 0 Å². The van der Waals surface area contributed by atoms with Crippen molar-refractivity contribution in [3.63, 3.8) is 0 Å². The maximum absolute atomic E-state index is 11.1. The molecule has 1 aromatic carbocycles. The average Bonchev–Trinajstić information content (AvgIpc) is 2.79. The van der Waals surface area contributed by atoms with Crippen molar-refractivity contribution in [3.8, 4) is 0 Å². The van der Waals surface area contributed by atoms with Crippen molar-refractivity contribution in [2.24, 2.45) is 0 Å². The Morgan fingerprint density at radius 3 is 2.72 bits per heavy atom. The minimum Gasteiger partial charge on any atom is -0.387 e. The summed E-state index contributed by atoms with van der Waals surface area (Å²) >= 11 is 5.81. The van der Waals surface area contributed by atoms with Gasteiger partial charge in [-0.15, -0.1) is 0 Å². The Kier molecular flexibility index (Phi) is 3.96. The van der Waals surface area contributed by atoms with E-state index < -0.39 is 12.5 Å². The number of carbonyl (C=O) groups excluding carboxylic acids is 1. The molecule has 1 aromatic heterocycles.